The maximum atomic E-state index is 13.3. The van der Waals surface area contributed by atoms with E-state index in [9.17, 15) is 14.7 Å². The molecular weight excluding hydrogens is 837 g/mol. The highest BCUT2D eigenvalue weighted by molar-refractivity contribution is 7.19. The van der Waals surface area contributed by atoms with Crippen LogP contribution in [0.2, 0.25) is 0 Å². The third kappa shape index (κ3) is 7.53. The number of aromatic nitrogens is 8. The highest BCUT2D eigenvalue weighted by Crippen LogP contribution is 2.42. The zero-order chi connectivity index (χ0) is 40.9. The largest absolute Gasteiger partial charge is 0.481 e. The van der Waals surface area contributed by atoms with Gasteiger partial charge in [0.1, 0.15) is 45.0 Å². The van der Waals surface area contributed by atoms with E-state index in [0.717, 1.165) is 120 Å². The quantitative estimate of drug-likeness (QED) is 0.141. The molecule has 0 bridgehead atoms. The van der Waals surface area contributed by atoms with Crippen molar-refractivity contribution in [1.82, 2.24) is 48.9 Å². The molecule has 3 N–H and O–H groups in total. The molecular formula is C41H40N12O3S4. The number of thiophene rings is 2. The fraction of sp³-hybridized carbons (Fsp3) is 0.366. The first-order valence-corrected chi connectivity index (χ1v) is 23.1. The molecule has 0 unspecified atom stereocenters. The van der Waals surface area contributed by atoms with E-state index in [4.69, 9.17) is 0 Å². The van der Waals surface area contributed by atoms with E-state index in [0.29, 0.717) is 24.8 Å². The minimum atomic E-state index is -0.719. The second-order valence-electron chi connectivity index (χ2n) is 15.7. The van der Waals surface area contributed by atoms with Crippen LogP contribution in [0, 0.1) is 11.8 Å². The summed E-state index contributed by atoms with van der Waals surface area (Å²) in [6.45, 7) is 1.74. The normalized spacial score (nSPS) is 18.1. The Balaban J connectivity index is 0.000000149. The summed E-state index contributed by atoms with van der Waals surface area (Å²) in [5, 5.41) is 26.5. The van der Waals surface area contributed by atoms with Crippen molar-refractivity contribution in [2.45, 2.75) is 57.4 Å². The number of carbonyl (C=O) groups is 2. The predicted molar refractivity (Wildman–Crippen MR) is 238 cm³/mol. The number of aliphatic carboxylic acids is 1. The summed E-state index contributed by atoms with van der Waals surface area (Å²) in [7, 11) is 4.26. The van der Waals surface area contributed by atoms with Gasteiger partial charge in [-0.25, -0.2) is 19.9 Å². The zero-order valence-corrected chi connectivity index (χ0v) is 36.1. The van der Waals surface area contributed by atoms with Gasteiger partial charge in [-0.3, -0.25) is 9.59 Å². The van der Waals surface area contributed by atoms with Crippen LogP contribution >= 0.6 is 45.7 Å². The Hall–Kier alpha value is -5.34. The van der Waals surface area contributed by atoms with Crippen molar-refractivity contribution < 1.29 is 14.7 Å². The molecule has 1 fully saturated rings. The van der Waals surface area contributed by atoms with Crippen LogP contribution in [0.25, 0.3) is 40.9 Å². The molecule has 0 radical (unpaired) electrons. The van der Waals surface area contributed by atoms with Crippen LogP contribution in [0.3, 0.4) is 0 Å². The van der Waals surface area contributed by atoms with Crippen LogP contribution in [0.4, 0.5) is 23.0 Å². The van der Waals surface area contributed by atoms with Crippen molar-refractivity contribution >= 4 is 121 Å². The van der Waals surface area contributed by atoms with Gasteiger partial charge < -0.3 is 25.5 Å². The number of fused-ring (bicyclic) bond motifs is 8. The molecule has 1 aliphatic heterocycles. The van der Waals surface area contributed by atoms with Gasteiger partial charge in [0.2, 0.25) is 5.91 Å². The summed E-state index contributed by atoms with van der Waals surface area (Å²) in [5.41, 5.74) is 6.15. The van der Waals surface area contributed by atoms with Crippen LogP contribution in [-0.4, -0.2) is 99.1 Å². The van der Waals surface area contributed by atoms with Gasteiger partial charge >= 0.3 is 5.97 Å². The molecule has 1 saturated heterocycles. The number of likely N-dealkylation sites (tertiary alicyclic amines) is 1. The monoisotopic (exact) mass is 876 g/mol. The Morgan fingerprint density at radius 2 is 1.23 bits per heavy atom. The van der Waals surface area contributed by atoms with Gasteiger partial charge in [-0.1, -0.05) is 8.98 Å². The molecule has 15 nitrogen and oxygen atoms in total. The number of anilines is 4. The van der Waals surface area contributed by atoms with Gasteiger partial charge in [-0.15, -0.1) is 32.9 Å². The van der Waals surface area contributed by atoms with E-state index in [1.807, 2.05) is 30.3 Å². The lowest BCUT2D eigenvalue weighted by Crippen LogP contribution is -2.47. The van der Waals surface area contributed by atoms with Gasteiger partial charge in [0, 0.05) is 46.2 Å². The molecule has 306 valence electrons. The number of carboxylic acid groups (broad SMARTS) is 1. The van der Waals surface area contributed by atoms with Crippen LogP contribution in [0.5, 0.6) is 0 Å². The molecule has 7 heterocycles. The van der Waals surface area contributed by atoms with E-state index in [1.165, 1.54) is 39.1 Å². The third-order valence-electron chi connectivity index (χ3n) is 11.9. The molecule has 19 heteroatoms. The number of piperidine rings is 1. The maximum absolute atomic E-state index is 13.3. The van der Waals surface area contributed by atoms with Crippen molar-refractivity contribution in [3.8, 4) is 0 Å². The molecule has 8 aromatic rings. The Kier molecular flexibility index (Phi) is 10.5. The summed E-state index contributed by atoms with van der Waals surface area (Å²) < 4.78 is 10.0. The second kappa shape index (κ2) is 16.3. The number of hydrogen-bond donors (Lipinski definition) is 3. The average Bonchev–Trinajstić information content (AvgIpc) is 4.08. The fourth-order valence-electron chi connectivity index (χ4n) is 8.68. The van der Waals surface area contributed by atoms with Gasteiger partial charge in [0.25, 0.3) is 0 Å². The molecule has 1 amide bonds. The SMILES string of the molecule is CN(C)C1CCN(C(=O)[C@H]2CCc3c(sc4ncnc(Nc5ccc6nnsc6c5)c34)C2)CC1.O=C(O)[C@H]1CCc2c(sc3ncnc(Nc4ccc5nnsc5c4)c23)C1. The number of benzene rings is 2. The number of nitrogens with one attached hydrogen (secondary N) is 2. The maximum Gasteiger partial charge on any atom is 0.306 e. The second-order valence-corrected chi connectivity index (χ2v) is 19.4. The topological polar surface area (TPSA) is 188 Å². The van der Waals surface area contributed by atoms with Gasteiger partial charge in [0.15, 0.2) is 0 Å². The van der Waals surface area contributed by atoms with E-state index < -0.39 is 5.97 Å². The lowest BCUT2D eigenvalue weighted by Gasteiger charge is -2.37. The van der Waals surface area contributed by atoms with Crippen molar-refractivity contribution in [2.24, 2.45) is 11.8 Å². The summed E-state index contributed by atoms with van der Waals surface area (Å²) in [6, 6.07) is 12.5. The van der Waals surface area contributed by atoms with Crippen LogP contribution < -0.4 is 10.6 Å². The highest BCUT2D eigenvalue weighted by atomic mass is 32.1. The molecule has 2 aromatic carbocycles. The first kappa shape index (κ1) is 38.8. The molecule has 0 saturated carbocycles. The summed E-state index contributed by atoms with van der Waals surface area (Å²) >= 11 is 6.03. The molecule has 60 heavy (non-hydrogen) atoms. The van der Waals surface area contributed by atoms with E-state index in [-0.39, 0.29) is 11.8 Å². The van der Waals surface area contributed by atoms with Crippen molar-refractivity contribution in [2.75, 3.05) is 37.8 Å². The lowest BCUT2D eigenvalue weighted by molar-refractivity contribution is -0.142. The van der Waals surface area contributed by atoms with E-state index in [2.05, 4.69) is 79.7 Å². The summed E-state index contributed by atoms with van der Waals surface area (Å²) in [6.07, 6.45) is 9.85. The summed E-state index contributed by atoms with van der Waals surface area (Å²) in [4.78, 5) is 51.3. The molecule has 6 aromatic heterocycles. The average molecular weight is 877 g/mol. The number of amides is 1. The highest BCUT2D eigenvalue weighted by Gasteiger charge is 2.34. The molecule has 11 rings (SSSR count). The van der Waals surface area contributed by atoms with E-state index >= 15 is 0 Å². The Morgan fingerprint density at radius 3 is 1.75 bits per heavy atom. The number of carbonyl (C=O) groups excluding carboxylic acids is 1. The Bertz CT molecular complexity index is 2900. The predicted octanol–water partition coefficient (Wildman–Crippen LogP) is 7.73. The first-order valence-electron chi connectivity index (χ1n) is 19.9. The molecule has 2 atom stereocenters. The minimum absolute atomic E-state index is 0.0714. The number of nitrogens with zero attached hydrogens (tertiary/aromatic N) is 10. The minimum Gasteiger partial charge on any atom is -0.481 e. The summed E-state index contributed by atoms with van der Waals surface area (Å²) in [5.74, 6) is 0.969. The molecule has 3 aliphatic rings. The van der Waals surface area contributed by atoms with Crippen molar-refractivity contribution in [1.29, 1.82) is 0 Å². The third-order valence-corrected chi connectivity index (χ3v) is 15.6. The fourth-order valence-corrected chi connectivity index (χ4v) is 12.4. The standard InChI is InChI=1S/C24H27N7OS2.C17H13N5O2S2/c1-30(2)16-7-9-31(10-8-16)24(32)14-3-5-17-19(11-14)33-23-21(17)22(25-13-26-23)27-15-4-6-18-20(12-15)34-29-28-18;23-17(24)8-1-3-10-12(5-8)25-16-14(10)15(18-7-19-16)20-9-2-4-11-13(6-9)26-22-21-11/h4,6,12-14,16H,3,5,7-11H2,1-2H3,(H,25,26,27);2,4,6-8H,1,3,5H2,(H,23,24)(H,18,19,20)/t14-;8-/m00/s1. The van der Waals surface area contributed by atoms with E-state index in [1.54, 1.807) is 35.3 Å². The lowest BCUT2D eigenvalue weighted by atomic mass is 9.86. The molecule has 0 spiro atoms. The number of hydrogen-bond acceptors (Lipinski definition) is 17. The number of aryl methyl sites for hydroxylation is 2. The Labute approximate surface area is 360 Å². The first-order chi connectivity index (χ1) is 29.3. The van der Waals surface area contributed by atoms with Crippen LogP contribution in [0.15, 0.2) is 49.1 Å². The zero-order valence-electron chi connectivity index (χ0n) is 32.8. The molecule has 2 aliphatic carbocycles. The van der Waals surface area contributed by atoms with Gasteiger partial charge in [0.05, 0.1) is 26.1 Å². The Morgan fingerprint density at radius 1 is 0.717 bits per heavy atom. The van der Waals surface area contributed by atoms with Crippen LogP contribution in [-0.2, 0) is 35.3 Å². The van der Waals surface area contributed by atoms with Gasteiger partial charge in [-0.2, -0.15) is 0 Å². The van der Waals surface area contributed by atoms with Gasteiger partial charge in [-0.05, 0) is 136 Å². The number of rotatable bonds is 7. The van der Waals surface area contributed by atoms with Crippen molar-refractivity contribution in [3.05, 3.63) is 69.9 Å². The van der Waals surface area contributed by atoms with Crippen LogP contribution in [0.1, 0.15) is 46.6 Å². The van der Waals surface area contributed by atoms with Crippen molar-refractivity contribution in [3.63, 3.8) is 0 Å². The number of carboxylic acids is 1. The smallest absolute Gasteiger partial charge is 0.306 e.